The van der Waals surface area contributed by atoms with E-state index in [0.29, 0.717) is 24.2 Å². The predicted octanol–water partition coefficient (Wildman–Crippen LogP) is 4.06. The van der Waals surface area contributed by atoms with Crippen molar-refractivity contribution in [1.82, 2.24) is 5.32 Å². The van der Waals surface area contributed by atoms with Crippen molar-refractivity contribution in [1.29, 1.82) is 0 Å². The van der Waals surface area contributed by atoms with Crippen LogP contribution in [0.4, 0.5) is 5.69 Å². The minimum absolute atomic E-state index is 0.363. The Labute approximate surface area is 155 Å². The smallest absolute Gasteiger partial charge is 0.162 e. The van der Waals surface area contributed by atoms with E-state index < -0.39 is 0 Å². The van der Waals surface area contributed by atoms with Gasteiger partial charge in [-0.3, -0.25) is 10.3 Å². The minimum Gasteiger partial charge on any atom is -0.493 e. The Bertz CT molecular complexity index is 750. The Morgan fingerprint density at radius 2 is 2.00 bits per heavy atom. The molecule has 5 heteroatoms. The molecule has 26 heavy (non-hydrogen) atoms. The average Bonchev–Trinajstić information content (AvgIpc) is 2.90. The van der Waals surface area contributed by atoms with Crippen LogP contribution in [0.3, 0.4) is 0 Å². The second-order valence-electron chi connectivity index (χ2n) is 6.50. The molecule has 1 aliphatic heterocycles. The highest BCUT2D eigenvalue weighted by molar-refractivity contribution is 6.04. The third kappa shape index (κ3) is 4.55. The van der Waals surface area contributed by atoms with Crippen molar-refractivity contribution in [3.63, 3.8) is 0 Å². The lowest BCUT2D eigenvalue weighted by atomic mass is 10.0. The number of hydrogen-bond donors (Lipinski definition) is 2. The molecule has 1 unspecified atom stereocenters. The number of benzene rings is 1. The normalized spacial score (nSPS) is 21.8. The summed E-state index contributed by atoms with van der Waals surface area (Å²) in [4.78, 5) is 4.66. The van der Waals surface area contributed by atoms with Crippen molar-refractivity contribution in [2.24, 2.45) is 4.99 Å². The summed E-state index contributed by atoms with van der Waals surface area (Å²) >= 11 is 0. The van der Waals surface area contributed by atoms with Gasteiger partial charge in [0.05, 0.1) is 20.9 Å². The number of anilines is 1. The number of hydrogen-bond acceptors (Lipinski definition) is 5. The first kappa shape index (κ1) is 18.3. The molecule has 2 bridgehead atoms. The van der Waals surface area contributed by atoms with E-state index in [0.717, 1.165) is 29.9 Å². The van der Waals surface area contributed by atoms with Crippen molar-refractivity contribution in [2.45, 2.75) is 31.7 Å². The molecule has 3 rings (SSSR count). The van der Waals surface area contributed by atoms with Crippen LogP contribution in [0.2, 0.25) is 0 Å². The summed E-state index contributed by atoms with van der Waals surface area (Å²) in [7, 11) is 3.26. The van der Waals surface area contributed by atoms with Crippen LogP contribution in [0.1, 0.15) is 25.7 Å². The Balaban J connectivity index is 1.80. The lowest BCUT2D eigenvalue weighted by Gasteiger charge is -2.16. The Morgan fingerprint density at radius 1 is 1.15 bits per heavy atom. The highest BCUT2D eigenvalue weighted by Gasteiger charge is 2.13. The summed E-state index contributed by atoms with van der Waals surface area (Å²) in [5.74, 6) is 2.17. The van der Waals surface area contributed by atoms with Crippen molar-refractivity contribution in [3.8, 4) is 11.5 Å². The minimum atomic E-state index is 0.363. The Hall–Kier alpha value is -2.53. The van der Waals surface area contributed by atoms with Crippen LogP contribution in [0, 0.1) is 0 Å². The highest BCUT2D eigenvalue weighted by Crippen LogP contribution is 2.30. The van der Waals surface area contributed by atoms with E-state index in [1.807, 2.05) is 30.4 Å². The zero-order valence-corrected chi connectivity index (χ0v) is 15.5. The number of ether oxygens (including phenoxy) is 2. The zero-order valence-electron chi connectivity index (χ0n) is 15.5. The average molecular weight is 353 g/mol. The first-order valence-corrected chi connectivity index (χ1v) is 9.04. The van der Waals surface area contributed by atoms with Gasteiger partial charge in [-0.15, -0.1) is 0 Å². The summed E-state index contributed by atoms with van der Waals surface area (Å²) < 4.78 is 10.7. The van der Waals surface area contributed by atoms with E-state index >= 15 is 0 Å². The van der Waals surface area contributed by atoms with Gasteiger partial charge < -0.3 is 14.8 Å². The summed E-state index contributed by atoms with van der Waals surface area (Å²) in [6.45, 7) is 4.81. The van der Waals surface area contributed by atoms with E-state index in [9.17, 15) is 0 Å². The van der Waals surface area contributed by atoms with Crippen LogP contribution in [-0.4, -0.2) is 32.8 Å². The number of methoxy groups -OCH3 is 2. The maximum absolute atomic E-state index is 5.37. The van der Waals surface area contributed by atoms with Crippen LogP contribution >= 0.6 is 0 Å². The van der Waals surface area contributed by atoms with Crippen LogP contribution in [0.25, 0.3) is 0 Å². The SMILES string of the molecule is C=C1/C=C\C(Nc2ccc(OC)c(OC)c2)=NCNC2C=C1CCCC2. The molecule has 0 amide bonds. The molecule has 0 saturated heterocycles. The molecule has 138 valence electrons. The van der Waals surface area contributed by atoms with E-state index in [2.05, 4.69) is 28.3 Å². The molecule has 1 aromatic rings. The Morgan fingerprint density at radius 3 is 2.81 bits per heavy atom. The Kier molecular flexibility index (Phi) is 6.12. The first-order chi connectivity index (χ1) is 12.7. The molecule has 0 spiro atoms. The summed E-state index contributed by atoms with van der Waals surface area (Å²) in [5, 5.41) is 6.87. The molecule has 2 aliphatic rings. The number of aliphatic imine (C=N–C) groups is 1. The fourth-order valence-corrected chi connectivity index (χ4v) is 3.25. The molecule has 5 nitrogen and oxygen atoms in total. The number of nitrogens with one attached hydrogen (secondary N) is 2. The summed E-state index contributed by atoms with van der Waals surface area (Å²) in [6, 6.07) is 6.09. The highest BCUT2D eigenvalue weighted by atomic mass is 16.5. The molecular formula is C21H27N3O2. The van der Waals surface area contributed by atoms with Gasteiger partial charge in [0.25, 0.3) is 0 Å². The standard InChI is InChI=1S/C21H27N3O2/c1-15-8-11-21(23-14-22-17-7-5-4-6-16(15)12-17)24-18-9-10-19(25-2)20(13-18)26-3/h8-13,17,22H,1,4-7,14H2,2-3H3,(H,23,24)/b11-8-. The fraction of sp³-hybridized carbons (Fsp3) is 0.381. The van der Waals surface area contributed by atoms with E-state index in [1.54, 1.807) is 14.2 Å². The maximum atomic E-state index is 5.37. The third-order valence-corrected chi connectivity index (χ3v) is 4.73. The molecule has 0 aromatic heterocycles. The fourth-order valence-electron chi connectivity index (χ4n) is 3.25. The van der Waals surface area contributed by atoms with Gasteiger partial charge >= 0.3 is 0 Å². The quantitative estimate of drug-likeness (QED) is 0.860. The molecule has 1 heterocycles. The van der Waals surface area contributed by atoms with Gasteiger partial charge in [-0.05, 0) is 48.6 Å². The molecule has 0 radical (unpaired) electrons. The molecule has 1 aromatic carbocycles. The lowest BCUT2D eigenvalue weighted by Crippen LogP contribution is -2.28. The largest absolute Gasteiger partial charge is 0.493 e. The van der Waals surface area contributed by atoms with Crippen LogP contribution < -0.4 is 20.1 Å². The van der Waals surface area contributed by atoms with Gasteiger partial charge in [0, 0.05) is 17.8 Å². The number of amidine groups is 1. The second-order valence-corrected chi connectivity index (χ2v) is 6.50. The van der Waals surface area contributed by atoms with Crippen LogP contribution in [0.5, 0.6) is 11.5 Å². The maximum Gasteiger partial charge on any atom is 0.162 e. The molecular weight excluding hydrogens is 326 g/mol. The van der Waals surface area contributed by atoms with Crippen LogP contribution in [-0.2, 0) is 0 Å². The molecule has 1 aliphatic carbocycles. The number of allylic oxidation sites excluding steroid dienone is 3. The number of rotatable bonds is 3. The van der Waals surface area contributed by atoms with Gasteiger partial charge in [-0.2, -0.15) is 0 Å². The summed E-state index contributed by atoms with van der Waals surface area (Å²) in [5.41, 5.74) is 3.29. The predicted molar refractivity (Wildman–Crippen MR) is 107 cm³/mol. The van der Waals surface area contributed by atoms with Gasteiger partial charge in [0.2, 0.25) is 0 Å². The van der Waals surface area contributed by atoms with Gasteiger partial charge in [-0.25, -0.2) is 0 Å². The van der Waals surface area contributed by atoms with Gasteiger partial charge in [0.15, 0.2) is 11.5 Å². The van der Waals surface area contributed by atoms with E-state index in [1.165, 1.54) is 18.4 Å². The molecule has 2 N–H and O–H groups in total. The van der Waals surface area contributed by atoms with Crippen molar-refractivity contribution in [3.05, 3.63) is 54.2 Å². The molecule has 0 saturated carbocycles. The number of fused-ring (bicyclic) bond motifs is 1. The number of nitrogens with zero attached hydrogens (tertiary/aromatic N) is 1. The third-order valence-electron chi connectivity index (χ3n) is 4.73. The lowest BCUT2D eigenvalue weighted by molar-refractivity contribution is 0.355. The van der Waals surface area contributed by atoms with Gasteiger partial charge in [0.1, 0.15) is 5.84 Å². The zero-order chi connectivity index (χ0) is 18.4. The van der Waals surface area contributed by atoms with E-state index in [-0.39, 0.29) is 0 Å². The van der Waals surface area contributed by atoms with Crippen LogP contribution in [0.15, 0.2) is 59.1 Å². The first-order valence-electron chi connectivity index (χ1n) is 9.04. The topological polar surface area (TPSA) is 54.9 Å². The summed E-state index contributed by atoms with van der Waals surface area (Å²) in [6.07, 6.45) is 11.0. The van der Waals surface area contributed by atoms with Crippen molar-refractivity contribution < 1.29 is 9.47 Å². The van der Waals surface area contributed by atoms with E-state index in [4.69, 9.17) is 9.47 Å². The monoisotopic (exact) mass is 353 g/mol. The van der Waals surface area contributed by atoms with Crippen molar-refractivity contribution in [2.75, 3.05) is 26.2 Å². The van der Waals surface area contributed by atoms with Gasteiger partial charge in [-0.1, -0.05) is 25.2 Å². The molecule has 0 fully saturated rings. The second kappa shape index (κ2) is 8.72. The molecule has 1 atom stereocenters. The van der Waals surface area contributed by atoms with Crippen molar-refractivity contribution >= 4 is 11.5 Å².